The average molecular weight is 229 g/mol. The van der Waals surface area contributed by atoms with Crippen LogP contribution in [0.1, 0.15) is 25.1 Å². The monoisotopic (exact) mass is 229 g/mol. The van der Waals surface area contributed by atoms with Gasteiger partial charge in [0.1, 0.15) is 5.82 Å². The standard InChI is InChI=1S/C14H19N3/c1-10(2)7-12-9-14(15)17(16-12)13-6-4-5-11(3)8-13/h4-6,8-10H,7,15H2,1-3H3. The second-order valence-corrected chi connectivity index (χ2v) is 4.91. The van der Waals surface area contributed by atoms with Gasteiger partial charge in [0.25, 0.3) is 0 Å². The van der Waals surface area contributed by atoms with Crippen LogP contribution in [0.5, 0.6) is 0 Å². The summed E-state index contributed by atoms with van der Waals surface area (Å²) in [7, 11) is 0. The fourth-order valence-electron chi connectivity index (χ4n) is 1.93. The van der Waals surface area contributed by atoms with Crippen molar-refractivity contribution in [3.63, 3.8) is 0 Å². The minimum absolute atomic E-state index is 0.593. The molecule has 2 rings (SSSR count). The smallest absolute Gasteiger partial charge is 0.127 e. The van der Waals surface area contributed by atoms with E-state index in [0.717, 1.165) is 17.8 Å². The second kappa shape index (κ2) is 4.62. The van der Waals surface area contributed by atoms with Crippen LogP contribution in [0.4, 0.5) is 5.82 Å². The van der Waals surface area contributed by atoms with E-state index in [4.69, 9.17) is 5.73 Å². The molecule has 0 fully saturated rings. The molecule has 0 saturated heterocycles. The highest BCUT2D eigenvalue weighted by molar-refractivity contribution is 5.44. The van der Waals surface area contributed by atoms with Gasteiger partial charge in [0.05, 0.1) is 11.4 Å². The van der Waals surface area contributed by atoms with Gasteiger partial charge in [-0.1, -0.05) is 26.0 Å². The Morgan fingerprint density at radius 1 is 1.29 bits per heavy atom. The first kappa shape index (κ1) is 11.7. The van der Waals surface area contributed by atoms with E-state index in [0.29, 0.717) is 11.7 Å². The van der Waals surface area contributed by atoms with Crippen LogP contribution in [0.2, 0.25) is 0 Å². The van der Waals surface area contributed by atoms with Crippen molar-refractivity contribution < 1.29 is 0 Å². The average Bonchev–Trinajstić information content (AvgIpc) is 2.58. The second-order valence-electron chi connectivity index (χ2n) is 4.91. The number of nitrogens with zero attached hydrogens (tertiary/aromatic N) is 2. The molecular weight excluding hydrogens is 210 g/mol. The van der Waals surface area contributed by atoms with Gasteiger partial charge in [-0.05, 0) is 37.0 Å². The van der Waals surface area contributed by atoms with E-state index in [-0.39, 0.29) is 0 Å². The van der Waals surface area contributed by atoms with Gasteiger partial charge in [-0.2, -0.15) is 5.10 Å². The van der Waals surface area contributed by atoms with E-state index in [9.17, 15) is 0 Å². The fraction of sp³-hybridized carbons (Fsp3) is 0.357. The predicted molar refractivity (Wildman–Crippen MR) is 71.3 cm³/mol. The number of hydrogen-bond acceptors (Lipinski definition) is 2. The van der Waals surface area contributed by atoms with Crippen molar-refractivity contribution in [2.45, 2.75) is 27.2 Å². The fourth-order valence-corrected chi connectivity index (χ4v) is 1.93. The Kier molecular flexibility index (Phi) is 3.18. The van der Waals surface area contributed by atoms with Crippen LogP contribution in [-0.2, 0) is 6.42 Å². The van der Waals surface area contributed by atoms with Gasteiger partial charge in [-0.15, -0.1) is 0 Å². The molecule has 0 unspecified atom stereocenters. The van der Waals surface area contributed by atoms with Crippen LogP contribution in [0.25, 0.3) is 5.69 Å². The molecule has 1 aromatic carbocycles. The maximum atomic E-state index is 6.00. The molecule has 0 saturated carbocycles. The molecule has 0 atom stereocenters. The molecule has 90 valence electrons. The van der Waals surface area contributed by atoms with Crippen molar-refractivity contribution >= 4 is 5.82 Å². The number of benzene rings is 1. The summed E-state index contributed by atoms with van der Waals surface area (Å²) in [4.78, 5) is 0. The Morgan fingerprint density at radius 2 is 2.06 bits per heavy atom. The highest BCUT2D eigenvalue weighted by Crippen LogP contribution is 2.17. The van der Waals surface area contributed by atoms with Crippen LogP contribution >= 0.6 is 0 Å². The number of rotatable bonds is 3. The van der Waals surface area contributed by atoms with Crippen molar-refractivity contribution in [1.82, 2.24) is 9.78 Å². The molecule has 0 amide bonds. The highest BCUT2D eigenvalue weighted by Gasteiger charge is 2.08. The van der Waals surface area contributed by atoms with Crippen molar-refractivity contribution in [2.75, 3.05) is 5.73 Å². The Bertz CT molecular complexity index is 512. The molecule has 3 heteroatoms. The molecular formula is C14H19N3. The third kappa shape index (κ3) is 2.67. The maximum Gasteiger partial charge on any atom is 0.127 e. The van der Waals surface area contributed by atoms with E-state index in [1.807, 2.05) is 22.9 Å². The van der Waals surface area contributed by atoms with Crippen LogP contribution < -0.4 is 5.73 Å². The summed E-state index contributed by atoms with van der Waals surface area (Å²) in [5.74, 6) is 1.29. The van der Waals surface area contributed by atoms with Crippen LogP contribution in [-0.4, -0.2) is 9.78 Å². The quantitative estimate of drug-likeness (QED) is 0.879. The lowest BCUT2D eigenvalue weighted by Gasteiger charge is -2.04. The summed E-state index contributed by atoms with van der Waals surface area (Å²) in [5, 5.41) is 4.55. The Morgan fingerprint density at radius 3 is 2.71 bits per heavy atom. The number of anilines is 1. The zero-order chi connectivity index (χ0) is 12.4. The molecule has 1 aromatic heterocycles. The number of nitrogens with two attached hydrogens (primary N) is 1. The van der Waals surface area contributed by atoms with Gasteiger partial charge >= 0.3 is 0 Å². The lowest BCUT2D eigenvalue weighted by Crippen LogP contribution is -2.02. The third-order valence-electron chi connectivity index (χ3n) is 2.65. The Balaban J connectivity index is 2.36. The van der Waals surface area contributed by atoms with E-state index in [1.165, 1.54) is 5.56 Å². The molecule has 0 aliphatic rings. The first-order valence-corrected chi connectivity index (χ1v) is 5.97. The summed E-state index contributed by atoms with van der Waals surface area (Å²) >= 11 is 0. The van der Waals surface area contributed by atoms with E-state index < -0.39 is 0 Å². The number of aryl methyl sites for hydroxylation is 1. The molecule has 0 aliphatic heterocycles. The van der Waals surface area contributed by atoms with Crippen molar-refractivity contribution in [1.29, 1.82) is 0 Å². The molecule has 17 heavy (non-hydrogen) atoms. The van der Waals surface area contributed by atoms with Crippen LogP contribution in [0, 0.1) is 12.8 Å². The highest BCUT2D eigenvalue weighted by atomic mass is 15.3. The summed E-state index contributed by atoms with van der Waals surface area (Å²) < 4.78 is 1.81. The van der Waals surface area contributed by atoms with Gasteiger partial charge in [0.15, 0.2) is 0 Å². The largest absolute Gasteiger partial charge is 0.384 e. The first-order chi connectivity index (χ1) is 8.06. The van der Waals surface area contributed by atoms with Gasteiger partial charge in [0, 0.05) is 6.07 Å². The number of aromatic nitrogens is 2. The summed E-state index contributed by atoms with van der Waals surface area (Å²) in [6.45, 7) is 6.43. The lowest BCUT2D eigenvalue weighted by molar-refractivity contribution is 0.628. The minimum Gasteiger partial charge on any atom is -0.384 e. The summed E-state index contributed by atoms with van der Waals surface area (Å²) in [6.07, 6.45) is 0.961. The number of hydrogen-bond donors (Lipinski definition) is 1. The SMILES string of the molecule is Cc1cccc(-n2nc(CC(C)C)cc2N)c1. The molecule has 0 spiro atoms. The molecule has 3 nitrogen and oxygen atoms in total. The normalized spacial score (nSPS) is 11.1. The number of nitrogen functional groups attached to an aromatic ring is 1. The Labute approximate surface area is 102 Å². The van der Waals surface area contributed by atoms with Crippen molar-refractivity contribution in [3.05, 3.63) is 41.6 Å². The van der Waals surface area contributed by atoms with Gasteiger partial charge < -0.3 is 5.73 Å². The zero-order valence-corrected chi connectivity index (χ0v) is 10.6. The van der Waals surface area contributed by atoms with E-state index >= 15 is 0 Å². The van der Waals surface area contributed by atoms with Crippen molar-refractivity contribution in [3.8, 4) is 5.69 Å². The maximum absolute atomic E-state index is 6.00. The third-order valence-corrected chi connectivity index (χ3v) is 2.65. The van der Waals surface area contributed by atoms with Crippen molar-refractivity contribution in [2.24, 2.45) is 5.92 Å². The van der Waals surface area contributed by atoms with Crippen LogP contribution in [0.3, 0.4) is 0 Å². The summed E-state index contributed by atoms with van der Waals surface area (Å²) in [6, 6.07) is 10.2. The molecule has 0 radical (unpaired) electrons. The van der Waals surface area contributed by atoms with Gasteiger partial charge in [-0.3, -0.25) is 0 Å². The topological polar surface area (TPSA) is 43.8 Å². The van der Waals surface area contributed by atoms with Gasteiger partial charge in [0.2, 0.25) is 0 Å². The van der Waals surface area contributed by atoms with Crippen LogP contribution in [0.15, 0.2) is 30.3 Å². The van der Waals surface area contributed by atoms with E-state index in [2.05, 4.69) is 38.0 Å². The molecule has 0 bridgehead atoms. The lowest BCUT2D eigenvalue weighted by atomic mass is 10.1. The molecule has 0 aliphatic carbocycles. The van der Waals surface area contributed by atoms with E-state index in [1.54, 1.807) is 0 Å². The van der Waals surface area contributed by atoms with Gasteiger partial charge in [-0.25, -0.2) is 4.68 Å². The molecule has 2 N–H and O–H groups in total. The molecule has 2 aromatic rings. The molecule has 1 heterocycles. The zero-order valence-electron chi connectivity index (χ0n) is 10.6. The summed E-state index contributed by atoms with van der Waals surface area (Å²) in [5.41, 5.74) is 9.29. The minimum atomic E-state index is 0.593. The Hall–Kier alpha value is -1.77. The predicted octanol–water partition coefficient (Wildman–Crippen LogP) is 2.96. The first-order valence-electron chi connectivity index (χ1n) is 5.97.